The summed E-state index contributed by atoms with van der Waals surface area (Å²) in [6.07, 6.45) is 6.59. The fraction of sp³-hybridized carbons (Fsp3) is 0.474. The summed E-state index contributed by atoms with van der Waals surface area (Å²) in [5, 5.41) is 10.8. The Kier molecular flexibility index (Phi) is 6.16. The summed E-state index contributed by atoms with van der Waals surface area (Å²) in [7, 11) is 0. The number of benzene rings is 1. The molecule has 7 heteroatoms. The number of nitrogens with one attached hydrogen (secondary N) is 2. The Bertz CT molecular complexity index is 739. The lowest BCUT2D eigenvalue weighted by Gasteiger charge is -2.22. The molecule has 0 spiro atoms. The first kappa shape index (κ1) is 18.7. The second-order valence-corrected chi connectivity index (χ2v) is 6.89. The van der Waals surface area contributed by atoms with Crippen LogP contribution in [0.5, 0.6) is 5.75 Å². The fourth-order valence-corrected chi connectivity index (χ4v) is 3.10. The van der Waals surface area contributed by atoms with Gasteiger partial charge in [0.05, 0.1) is 18.3 Å². The van der Waals surface area contributed by atoms with Gasteiger partial charge in [-0.2, -0.15) is 5.10 Å². The SMILES string of the molecule is Cl.O=C(Nc1ccccc1OCC1CC1)c1ccn(C2CCCNC2)n1. The zero-order valence-electron chi connectivity index (χ0n) is 14.7. The number of hydrogen-bond acceptors (Lipinski definition) is 4. The molecule has 2 aliphatic rings. The predicted molar refractivity (Wildman–Crippen MR) is 103 cm³/mol. The average molecular weight is 377 g/mol. The lowest BCUT2D eigenvalue weighted by atomic mass is 10.1. The molecule has 0 bridgehead atoms. The van der Waals surface area contributed by atoms with E-state index in [2.05, 4.69) is 15.7 Å². The maximum atomic E-state index is 12.6. The van der Waals surface area contributed by atoms with Crippen molar-refractivity contribution in [1.29, 1.82) is 0 Å². The molecular weight excluding hydrogens is 352 g/mol. The van der Waals surface area contributed by atoms with E-state index in [0.29, 0.717) is 23.3 Å². The quantitative estimate of drug-likeness (QED) is 0.811. The summed E-state index contributed by atoms with van der Waals surface area (Å²) in [5.41, 5.74) is 1.13. The number of anilines is 1. The topological polar surface area (TPSA) is 68.2 Å². The number of hydrogen-bond donors (Lipinski definition) is 2. The van der Waals surface area contributed by atoms with E-state index >= 15 is 0 Å². The minimum atomic E-state index is -0.204. The van der Waals surface area contributed by atoms with Crippen molar-refractivity contribution in [3.63, 3.8) is 0 Å². The number of carbonyl (C=O) groups excluding carboxylic acids is 1. The minimum absolute atomic E-state index is 0. The number of rotatable bonds is 6. The number of para-hydroxylation sites is 2. The van der Waals surface area contributed by atoms with Gasteiger partial charge in [-0.25, -0.2) is 0 Å². The predicted octanol–water partition coefficient (Wildman–Crippen LogP) is 3.27. The van der Waals surface area contributed by atoms with Gasteiger partial charge in [0.25, 0.3) is 5.91 Å². The highest BCUT2D eigenvalue weighted by Gasteiger charge is 2.23. The maximum Gasteiger partial charge on any atom is 0.276 e. The Labute approximate surface area is 159 Å². The number of halogens is 1. The molecule has 1 amide bonds. The van der Waals surface area contributed by atoms with Gasteiger partial charge in [0.1, 0.15) is 5.75 Å². The van der Waals surface area contributed by atoms with Crippen LogP contribution in [-0.4, -0.2) is 35.4 Å². The first-order chi connectivity index (χ1) is 12.3. The molecule has 2 aromatic rings. The molecule has 4 rings (SSSR count). The van der Waals surface area contributed by atoms with Crippen molar-refractivity contribution in [2.75, 3.05) is 25.0 Å². The van der Waals surface area contributed by atoms with E-state index < -0.39 is 0 Å². The zero-order valence-corrected chi connectivity index (χ0v) is 15.5. The lowest BCUT2D eigenvalue weighted by Crippen LogP contribution is -2.32. The van der Waals surface area contributed by atoms with Crippen LogP contribution in [0.25, 0.3) is 0 Å². The molecule has 26 heavy (non-hydrogen) atoms. The summed E-state index contributed by atoms with van der Waals surface area (Å²) in [6.45, 7) is 2.68. The Morgan fingerprint density at radius 2 is 2.12 bits per heavy atom. The van der Waals surface area contributed by atoms with Gasteiger partial charge in [-0.05, 0) is 56.3 Å². The van der Waals surface area contributed by atoms with Crippen LogP contribution in [0.3, 0.4) is 0 Å². The summed E-state index contributed by atoms with van der Waals surface area (Å²) < 4.78 is 7.75. The van der Waals surface area contributed by atoms with Crippen LogP contribution in [0.15, 0.2) is 36.5 Å². The van der Waals surface area contributed by atoms with E-state index in [1.165, 1.54) is 12.8 Å². The summed E-state index contributed by atoms with van der Waals surface area (Å²) in [6, 6.07) is 9.67. The monoisotopic (exact) mass is 376 g/mol. The molecule has 1 aliphatic carbocycles. The number of nitrogens with zero attached hydrogens (tertiary/aromatic N) is 2. The lowest BCUT2D eigenvalue weighted by molar-refractivity contribution is 0.102. The number of piperidine rings is 1. The molecule has 2 fully saturated rings. The van der Waals surface area contributed by atoms with E-state index in [1.54, 1.807) is 6.07 Å². The van der Waals surface area contributed by atoms with E-state index in [-0.39, 0.29) is 18.3 Å². The molecule has 2 N–H and O–H groups in total. The molecule has 1 unspecified atom stereocenters. The van der Waals surface area contributed by atoms with Crippen LogP contribution in [0.1, 0.15) is 42.2 Å². The van der Waals surface area contributed by atoms with Crippen molar-refractivity contribution in [3.8, 4) is 5.75 Å². The maximum absolute atomic E-state index is 12.6. The van der Waals surface area contributed by atoms with E-state index in [1.807, 2.05) is 35.1 Å². The van der Waals surface area contributed by atoms with Gasteiger partial charge < -0.3 is 15.4 Å². The van der Waals surface area contributed by atoms with Crippen molar-refractivity contribution < 1.29 is 9.53 Å². The second kappa shape index (κ2) is 8.56. The van der Waals surface area contributed by atoms with Crippen LogP contribution in [0.4, 0.5) is 5.69 Å². The van der Waals surface area contributed by atoms with Crippen molar-refractivity contribution in [3.05, 3.63) is 42.2 Å². The molecular formula is C19H25ClN4O2. The van der Waals surface area contributed by atoms with Crippen molar-refractivity contribution in [2.24, 2.45) is 5.92 Å². The normalized spacial score (nSPS) is 19.5. The molecule has 0 radical (unpaired) electrons. The average Bonchev–Trinajstić information content (AvgIpc) is 3.35. The van der Waals surface area contributed by atoms with Gasteiger partial charge in [0, 0.05) is 12.7 Å². The number of aromatic nitrogens is 2. The first-order valence-corrected chi connectivity index (χ1v) is 9.08. The number of amides is 1. The minimum Gasteiger partial charge on any atom is -0.491 e. The van der Waals surface area contributed by atoms with Crippen molar-refractivity contribution in [2.45, 2.75) is 31.7 Å². The second-order valence-electron chi connectivity index (χ2n) is 6.89. The molecule has 1 atom stereocenters. The Hall–Kier alpha value is -2.05. The summed E-state index contributed by atoms with van der Waals surface area (Å²) in [5.74, 6) is 1.19. The summed E-state index contributed by atoms with van der Waals surface area (Å²) in [4.78, 5) is 12.6. The smallest absolute Gasteiger partial charge is 0.276 e. The van der Waals surface area contributed by atoms with Crippen LogP contribution in [0, 0.1) is 5.92 Å². The van der Waals surface area contributed by atoms with E-state index in [9.17, 15) is 4.79 Å². The van der Waals surface area contributed by atoms with Gasteiger partial charge in [-0.15, -0.1) is 12.4 Å². The van der Waals surface area contributed by atoms with Gasteiger partial charge in [0.2, 0.25) is 0 Å². The zero-order chi connectivity index (χ0) is 17.1. The van der Waals surface area contributed by atoms with Crippen LogP contribution in [0.2, 0.25) is 0 Å². The van der Waals surface area contributed by atoms with Gasteiger partial charge in [-0.3, -0.25) is 9.48 Å². The third-order valence-electron chi connectivity index (χ3n) is 4.79. The molecule has 1 saturated carbocycles. The third kappa shape index (κ3) is 4.56. The van der Waals surface area contributed by atoms with Gasteiger partial charge >= 0.3 is 0 Å². The molecule has 140 valence electrons. The highest BCUT2D eigenvalue weighted by atomic mass is 35.5. The molecule has 6 nitrogen and oxygen atoms in total. The van der Waals surface area contributed by atoms with E-state index in [4.69, 9.17) is 4.74 Å². The molecule has 2 heterocycles. The molecule has 1 aromatic heterocycles. The van der Waals surface area contributed by atoms with E-state index in [0.717, 1.165) is 38.3 Å². The van der Waals surface area contributed by atoms with Gasteiger partial charge in [0.15, 0.2) is 5.69 Å². The third-order valence-corrected chi connectivity index (χ3v) is 4.79. The highest BCUT2D eigenvalue weighted by Crippen LogP contribution is 2.31. The Morgan fingerprint density at radius 3 is 2.88 bits per heavy atom. The molecule has 1 saturated heterocycles. The van der Waals surface area contributed by atoms with Gasteiger partial charge in [-0.1, -0.05) is 12.1 Å². The van der Waals surface area contributed by atoms with Crippen LogP contribution >= 0.6 is 12.4 Å². The summed E-state index contributed by atoms with van der Waals surface area (Å²) >= 11 is 0. The fourth-order valence-electron chi connectivity index (χ4n) is 3.10. The number of carbonyl (C=O) groups is 1. The Morgan fingerprint density at radius 1 is 1.27 bits per heavy atom. The largest absolute Gasteiger partial charge is 0.491 e. The standard InChI is InChI=1S/C19H24N4O2.ClH/c24-19(17-9-11-23(22-17)15-4-3-10-20-12-15)21-16-5-1-2-6-18(16)25-13-14-7-8-14;/h1-2,5-6,9,11,14-15,20H,3-4,7-8,10,12-13H2,(H,21,24);1H. The van der Waals surface area contributed by atoms with Crippen LogP contribution in [-0.2, 0) is 0 Å². The molecule has 1 aliphatic heterocycles. The van der Waals surface area contributed by atoms with Crippen molar-refractivity contribution in [1.82, 2.24) is 15.1 Å². The Balaban J connectivity index is 0.00000196. The molecule has 1 aromatic carbocycles. The first-order valence-electron chi connectivity index (χ1n) is 9.08. The number of ether oxygens (including phenoxy) is 1. The van der Waals surface area contributed by atoms with Crippen LogP contribution < -0.4 is 15.4 Å². The highest BCUT2D eigenvalue weighted by molar-refractivity contribution is 6.03. The van der Waals surface area contributed by atoms with Crippen molar-refractivity contribution >= 4 is 24.0 Å².